The van der Waals surface area contributed by atoms with Gasteiger partial charge in [-0.25, -0.2) is 4.79 Å². The summed E-state index contributed by atoms with van der Waals surface area (Å²) in [5.41, 5.74) is 3.59. The summed E-state index contributed by atoms with van der Waals surface area (Å²) in [5.74, 6) is 0.668. The van der Waals surface area contributed by atoms with Crippen molar-refractivity contribution in [2.24, 2.45) is 0 Å². The van der Waals surface area contributed by atoms with Crippen molar-refractivity contribution in [1.82, 2.24) is 0 Å². The molecule has 0 saturated heterocycles. The van der Waals surface area contributed by atoms with Gasteiger partial charge in [0.25, 0.3) is 0 Å². The van der Waals surface area contributed by atoms with Crippen LogP contribution in [0.15, 0.2) is 72.8 Å². The van der Waals surface area contributed by atoms with Gasteiger partial charge in [-0.15, -0.1) is 0 Å². The third-order valence-electron chi connectivity index (χ3n) is 4.02. The highest BCUT2D eigenvalue weighted by Crippen LogP contribution is 2.24. The van der Waals surface area contributed by atoms with Gasteiger partial charge in [-0.2, -0.15) is 0 Å². The molecule has 0 bridgehead atoms. The molecule has 0 fully saturated rings. The Balaban J connectivity index is 1.66. The minimum absolute atomic E-state index is 0.202. The quantitative estimate of drug-likeness (QED) is 0.604. The zero-order valence-corrected chi connectivity index (χ0v) is 14.8. The molecule has 0 aromatic heterocycles. The van der Waals surface area contributed by atoms with Gasteiger partial charge in [-0.1, -0.05) is 54.6 Å². The van der Waals surface area contributed by atoms with Gasteiger partial charge in [0.2, 0.25) is 0 Å². The van der Waals surface area contributed by atoms with Crippen LogP contribution in [0.1, 0.15) is 15.9 Å². The lowest BCUT2D eigenvalue weighted by Gasteiger charge is -2.09. The molecule has 3 aromatic rings. The van der Waals surface area contributed by atoms with E-state index in [1.54, 1.807) is 18.2 Å². The molecule has 132 valence electrons. The molecule has 0 saturated carbocycles. The Hall–Kier alpha value is -3.27. The monoisotopic (exact) mass is 348 g/mol. The van der Waals surface area contributed by atoms with E-state index < -0.39 is 5.97 Å². The van der Waals surface area contributed by atoms with Gasteiger partial charge in [0.05, 0.1) is 19.8 Å². The van der Waals surface area contributed by atoms with Gasteiger partial charge < -0.3 is 14.2 Å². The average molecular weight is 348 g/mol. The Morgan fingerprint density at radius 3 is 1.92 bits per heavy atom. The molecule has 0 radical (unpaired) electrons. The van der Waals surface area contributed by atoms with Crippen molar-refractivity contribution >= 4 is 5.97 Å². The Kier molecular flexibility index (Phi) is 5.54. The molecule has 26 heavy (non-hydrogen) atoms. The summed E-state index contributed by atoms with van der Waals surface area (Å²) in [7, 11) is 3.08. The van der Waals surface area contributed by atoms with E-state index in [9.17, 15) is 4.79 Å². The number of hydrogen-bond acceptors (Lipinski definition) is 4. The summed E-state index contributed by atoms with van der Waals surface area (Å²) >= 11 is 0. The van der Waals surface area contributed by atoms with Crippen molar-refractivity contribution in [3.05, 3.63) is 83.9 Å². The molecule has 0 unspecified atom stereocenters. The second-order valence-electron chi connectivity index (χ2n) is 5.74. The normalized spacial score (nSPS) is 10.2. The fraction of sp³-hybridized carbons (Fsp3) is 0.136. The van der Waals surface area contributed by atoms with Crippen molar-refractivity contribution in [3.8, 4) is 22.6 Å². The fourth-order valence-electron chi connectivity index (χ4n) is 2.58. The molecule has 4 nitrogen and oxygen atoms in total. The average Bonchev–Trinajstić information content (AvgIpc) is 2.72. The maximum atomic E-state index is 12.3. The fourth-order valence-corrected chi connectivity index (χ4v) is 2.58. The van der Waals surface area contributed by atoms with E-state index in [0.717, 1.165) is 16.7 Å². The summed E-state index contributed by atoms with van der Waals surface area (Å²) < 4.78 is 15.8. The Bertz CT molecular complexity index is 848. The number of methoxy groups -OCH3 is 2. The lowest BCUT2D eigenvalue weighted by atomic mass is 10.0. The molecule has 0 spiro atoms. The number of rotatable bonds is 6. The molecule has 4 heteroatoms. The van der Waals surface area contributed by atoms with Crippen LogP contribution in [0.5, 0.6) is 11.5 Å². The van der Waals surface area contributed by atoms with Crippen molar-refractivity contribution in [1.29, 1.82) is 0 Å². The number of ether oxygens (including phenoxy) is 3. The van der Waals surface area contributed by atoms with Crippen LogP contribution in [0.4, 0.5) is 0 Å². The highest BCUT2D eigenvalue weighted by atomic mass is 16.5. The number of esters is 1. The van der Waals surface area contributed by atoms with Gasteiger partial charge in [-0.3, -0.25) is 0 Å². The minimum Gasteiger partial charge on any atom is -0.497 e. The van der Waals surface area contributed by atoms with Crippen LogP contribution < -0.4 is 9.47 Å². The van der Waals surface area contributed by atoms with E-state index >= 15 is 0 Å². The largest absolute Gasteiger partial charge is 0.497 e. The summed E-state index contributed by atoms with van der Waals surface area (Å²) in [6, 6.07) is 23.1. The number of benzene rings is 3. The minimum atomic E-state index is -0.422. The van der Waals surface area contributed by atoms with Crippen LogP contribution in [0.3, 0.4) is 0 Å². The molecule has 0 N–H and O–H groups in total. The van der Waals surface area contributed by atoms with Gasteiger partial charge >= 0.3 is 5.97 Å². The van der Waals surface area contributed by atoms with Crippen LogP contribution >= 0.6 is 0 Å². The molecular weight excluding hydrogens is 328 g/mol. The topological polar surface area (TPSA) is 44.8 Å². The molecule has 3 aromatic carbocycles. The first-order chi connectivity index (χ1) is 12.7. The zero-order valence-electron chi connectivity index (χ0n) is 14.8. The van der Waals surface area contributed by atoms with E-state index in [-0.39, 0.29) is 6.61 Å². The molecule has 0 heterocycles. The third kappa shape index (κ3) is 4.22. The highest BCUT2D eigenvalue weighted by Gasteiger charge is 2.11. The molecule has 0 amide bonds. The predicted octanol–water partition coefficient (Wildman–Crippen LogP) is 4.73. The number of carbonyl (C=O) groups is 1. The summed E-state index contributed by atoms with van der Waals surface area (Å²) in [6.45, 7) is 0.202. The van der Waals surface area contributed by atoms with E-state index in [1.165, 1.54) is 14.2 Å². The van der Waals surface area contributed by atoms with E-state index in [2.05, 4.69) is 12.1 Å². The smallest absolute Gasteiger partial charge is 0.338 e. The maximum Gasteiger partial charge on any atom is 0.338 e. The van der Waals surface area contributed by atoms with E-state index in [0.29, 0.717) is 17.1 Å². The van der Waals surface area contributed by atoms with Gasteiger partial charge in [0, 0.05) is 6.07 Å². The predicted molar refractivity (Wildman–Crippen MR) is 101 cm³/mol. The van der Waals surface area contributed by atoms with Gasteiger partial charge in [-0.05, 0) is 28.8 Å². The van der Waals surface area contributed by atoms with Crippen LogP contribution in [0.25, 0.3) is 11.1 Å². The Labute approximate surface area is 153 Å². The second kappa shape index (κ2) is 8.21. The van der Waals surface area contributed by atoms with Crippen LogP contribution in [-0.2, 0) is 11.3 Å². The van der Waals surface area contributed by atoms with Crippen LogP contribution in [0, 0.1) is 0 Å². The SMILES string of the molecule is COc1cc(OC)cc(C(=O)OCc2ccc(-c3ccccc3)cc2)c1. The summed E-state index contributed by atoms with van der Waals surface area (Å²) in [6.07, 6.45) is 0. The first kappa shape index (κ1) is 17.5. The first-order valence-electron chi connectivity index (χ1n) is 8.24. The summed E-state index contributed by atoms with van der Waals surface area (Å²) in [4.78, 5) is 12.3. The van der Waals surface area contributed by atoms with E-state index in [4.69, 9.17) is 14.2 Å². The maximum absolute atomic E-state index is 12.3. The molecule has 0 aliphatic rings. The van der Waals surface area contributed by atoms with Crippen molar-refractivity contribution in [3.63, 3.8) is 0 Å². The first-order valence-corrected chi connectivity index (χ1v) is 8.24. The van der Waals surface area contributed by atoms with Crippen molar-refractivity contribution in [2.45, 2.75) is 6.61 Å². The molecule has 0 aliphatic heterocycles. The standard InChI is InChI=1S/C22H20O4/c1-24-20-12-19(13-21(14-20)25-2)22(23)26-15-16-8-10-18(11-9-16)17-6-4-3-5-7-17/h3-14H,15H2,1-2H3. The second-order valence-corrected chi connectivity index (χ2v) is 5.74. The lowest BCUT2D eigenvalue weighted by molar-refractivity contribution is 0.0472. The molecular formula is C22H20O4. The summed E-state index contributed by atoms with van der Waals surface area (Å²) in [5, 5.41) is 0. The number of hydrogen-bond donors (Lipinski definition) is 0. The molecule has 0 atom stereocenters. The zero-order chi connectivity index (χ0) is 18.4. The Morgan fingerprint density at radius 1 is 0.769 bits per heavy atom. The van der Waals surface area contributed by atoms with Gasteiger partial charge in [0.15, 0.2) is 0 Å². The van der Waals surface area contributed by atoms with Crippen molar-refractivity contribution in [2.75, 3.05) is 14.2 Å². The van der Waals surface area contributed by atoms with Crippen LogP contribution in [-0.4, -0.2) is 20.2 Å². The third-order valence-corrected chi connectivity index (χ3v) is 4.02. The number of carbonyl (C=O) groups excluding carboxylic acids is 1. The molecule has 0 aliphatic carbocycles. The highest BCUT2D eigenvalue weighted by molar-refractivity contribution is 5.90. The van der Waals surface area contributed by atoms with Crippen LogP contribution in [0.2, 0.25) is 0 Å². The van der Waals surface area contributed by atoms with E-state index in [1.807, 2.05) is 42.5 Å². The van der Waals surface area contributed by atoms with Gasteiger partial charge in [0.1, 0.15) is 18.1 Å². The Morgan fingerprint density at radius 2 is 1.35 bits per heavy atom. The molecule has 3 rings (SSSR count). The van der Waals surface area contributed by atoms with Crippen molar-refractivity contribution < 1.29 is 19.0 Å². The lowest BCUT2D eigenvalue weighted by Crippen LogP contribution is -2.06.